The Morgan fingerprint density at radius 3 is 2.80 bits per heavy atom. The van der Waals surface area contributed by atoms with Crippen LogP contribution in [0.5, 0.6) is 0 Å². The lowest BCUT2D eigenvalue weighted by molar-refractivity contribution is 0.0524. The molecule has 0 bridgehead atoms. The third-order valence-corrected chi connectivity index (χ3v) is 2.90. The van der Waals surface area contributed by atoms with Gasteiger partial charge in [0.05, 0.1) is 24.2 Å². The molecular weight excluding hydrogens is 259 g/mol. The molecule has 0 aliphatic rings. The van der Waals surface area contributed by atoms with E-state index in [1.54, 1.807) is 23.7 Å². The van der Waals surface area contributed by atoms with Crippen LogP contribution >= 0.6 is 0 Å². The van der Waals surface area contributed by atoms with Crippen molar-refractivity contribution >= 4 is 5.97 Å². The van der Waals surface area contributed by atoms with Crippen LogP contribution in [0, 0.1) is 5.82 Å². The van der Waals surface area contributed by atoms with E-state index in [0.29, 0.717) is 23.6 Å². The van der Waals surface area contributed by atoms with Gasteiger partial charge in [-0.15, -0.1) is 0 Å². The molecule has 1 heterocycles. The highest BCUT2D eigenvalue weighted by Gasteiger charge is 2.21. The Labute approximate surface area is 117 Å². The van der Waals surface area contributed by atoms with E-state index >= 15 is 0 Å². The second-order valence-corrected chi connectivity index (χ2v) is 4.71. The third-order valence-electron chi connectivity index (χ3n) is 2.90. The minimum Gasteiger partial charge on any atom is -0.462 e. The smallest absolute Gasteiger partial charge is 0.341 e. The Morgan fingerprint density at radius 2 is 2.20 bits per heavy atom. The number of ether oxygens (including phenoxy) is 1. The number of esters is 1. The van der Waals surface area contributed by atoms with Gasteiger partial charge in [0.2, 0.25) is 0 Å². The van der Waals surface area contributed by atoms with E-state index in [1.807, 2.05) is 13.8 Å². The summed E-state index contributed by atoms with van der Waals surface area (Å²) in [6.45, 7) is 5.97. The van der Waals surface area contributed by atoms with Crippen LogP contribution in [-0.2, 0) is 4.74 Å². The topological polar surface area (TPSA) is 44.1 Å². The molecule has 0 unspecified atom stereocenters. The first kappa shape index (κ1) is 14.2. The first-order valence-corrected chi connectivity index (χ1v) is 6.55. The molecule has 0 fully saturated rings. The van der Waals surface area contributed by atoms with E-state index in [0.717, 1.165) is 0 Å². The number of aromatic nitrogens is 2. The highest BCUT2D eigenvalue weighted by atomic mass is 19.1. The molecule has 5 heteroatoms. The minimum atomic E-state index is -0.404. The van der Waals surface area contributed by atoms with E-state index in [9.17, 15) is 9.18 Å². The Morgan fingerprint density at radius 1 is 1.45 bits per heavy atom. The number of halogens is 1. The molecule has 1 aromatic heterocycles. The predicted octanol–water partition coefficient (Wildman–Crippen LogP) is 3.31. The number of carbonyl (C=O) groups is 1. The maximum Gasteiger partial charge on any atom is 0.341 e. The fourth-order valence-corrected chi connectivity index (χ4v) is 2.09. The summed E-state index contributed by atoms with van der Waals surface area (Å²) in [6, 6.07) is 6.11. The molecule has 0 spiro atoms. The molecule has 2 aromatic rings. The molecule has 20 heavy (non-hydrogen) atoms. The van der Waals surface area contributed by atoms with Crippen LogP contribution in [0.15, 0.2) is 30.5 Å². The quantitative estimate of drug-likeness (QED) is 0.805. The third kappa shape index (κ3) is 2.71. The van der Waals surface area contributed by atoms with E-state index in [1.165, 1.54) is 18.3 Å². The molecule has 0 saturated carbocycles. The summed E-state index contributed by atoms with van der Waals surface area (Å²) in [5.74, 6) is -0.690. The lowest BCUT2D eigenvalue weighted by Crippen LogP contribution is -2.11. The molecule has 1 aromatic carbocycles. The molecule has 0 saturated heterocycles. The van der Waals surface area contributed by atoms with E-state index in [2.05, 4.69) is 5.10 Å². The van der Waals surface area contributed by atoms with Gasteiger partial charge in [0.25, 0.3) is 0 Å². The highest BCUT2D eigenvalue weighted by Crippen LogP contribution is 2.24. The summed E-state index contributed by atoms with van der Waals surface area (Å²) in [5.41, 5.74) is 1.73. The summed E-state index contributed by atoms with van der Waals surface area (Å²) >= 11 is 0. The lowest BCUT2D eigenvalue weighted by Gasteiger charge is -2.12. The summed E-state index contributed by atoms with van der Waals surface area (Å²) in [5, 5.41) is 4.20. The summed E-state index contributed by atoms with van der Waals surface area (Å²) in [7, 11) is 0. The zero-order valence-corrected chi connectivity index (χ0v) is 11.8. The number of rotatable bonds is 4. The van der Waals surface area contributed by atoms with Crippen LogP contribution in [0.1, 0.15) is 42.7 Å². The number of hydrogen-bond donors (Lipinski definition) is 0. The largest absolute Gasteiger partial charge is 0.462 e. The Bertz CT molecular complexity index is 620. The first-order valence-electron chi connectivity index (χ1n) is 6.55. The lowest BCUT2D eigenvalue weighted by atomic mass is 10.1. The van der Waals surface area contributed by atoms with E-state index < -0.39 is 5.97 Å². The molecule has 0 amide bonds. The van der Waals surface area contributed by atoms with Crippen LogP contribution in [0.25, 0.3) is 5.69 Å². The predicted molar refractivity (Wildman–Crippen MR) is 73.6 cm³/mol. The molecule has 0 atom stereocenters. The highest BCUT2D eigenvalue weighted by molar-refractivity contribution is 5.90. The average molecular weight is 276 g/mol. The van der Waals surface area contributed by atoms with Gasteiger partial charge in [0, 0.05) is 0 Å². The van der Waals surface area contributed by atoms with Crippen LogP contribution in [0.3, 0.4) is 0 Å². The van der Waals surface area contributed by atoms with Crippen molar-refractivity contribution in [2.24, 2.45) is 0 Å². The van der Waals surface area contributed by atoms with Gasteiger partial charge in [-0.25, -0.2) is 13.9 Å². The number of benzene rings is 1. The van der Waals surface area contributed by atoms with Crippen molar-refractivity contribution in [3.63, 3.8) is 0 Å². The van der Waals surface area contributed by atoms with Gasteiger partial charge in [-0.1, -0.05) is 19.9 Å². The molecule has 0 N–H and O–H groups in total. The summed E-state index contributed by atoms with van der Waals surface area (Å²) in [6.07, 6.45) is 1.47. The SMILES string of the molecule is CCOC(=O)c1cnn(-c2cccc(F)c2)c1C(C)C. The number of carbonyl (C=O) groups excluding carboxylic acids is 1. The zero-order valence-electron chi connectivity index (χ0n) is 11.8. The van der Waals surface area contributed by atoms with E-state index in [4.69, 9.17) is 4.74 Å². The standard InChI is InChI=1S/C15H17FN2O2/c1-4-20-15(19)13-9-17-18(14(13)10(2)3)12-7-5-6-11(16)8-12/h5-10H,4H2,1-3H3. The summed E-state index contributed by atoms with van der Waals surface area (Å²) in [4.78, 5) is 11.9. The van der Waals surface area contributed by atoms with Gasteiger partial charge in [-0.2, -0.15) is 5.10 Å². The van der Waals surface area contributed by atoms with Crippen molar-refractivity contribution in [1.29, 1.82) is 0 Å². The Balaban J connectivity index is 2.52. The maximum absolute atomic E-state index is 13.3. The zero-order chi connectivity index (χ0) is 14.7. The van der Waals surface area contributed by atoms with Crippen molar-refractivity contribution in [1.82, 2.24) is 9.78 Å². The Hall–Kier alpha value is -2.17. The number of nitrogens with zero attached hydrogens (tertiary/aromatic N) is 2. The monoisotopic (exact) mass is 276 g/mol. The normalized spacial score (nSPS) is 10.8. The minimum absolute atomic E-state index is 0.0557. The van der Waals surface area contributed by atoms with Crippen molar-refractivity contribution in [2.45, 2.75) is 26.7 Å². The molecule has 106 valence electrons. The fraction of sp³-hybridized carbons (Fsp3) is 0.333. The molecular formula is C15H17FN2O2. The van der Waals surface area contributed by atoms with Crippen LogP contribution in [0.4, 0.5) is 4.39 Å². The van der Waals surface area contributed by atoms with Gasteiger partial charge in [-0.3, -0.25) is 0 Å². The van der Waals surface area contributed by atoms with Gasteiger partial charge in [0.1, 0.15) is 11.4 Å². The van der Waals surface area contributed by atoms with Gasteiger partial charge < -0.3 is 4.74 Å². The van der Waals surface area contributed by atoms with Crippen molar-refractivity contribution in [2.75, 3.05) is 6.61 Å². The second kappa shape index (κ2) is 5.86. The molecule has 0 aliphatic heterocycles. The first-order chi connectivity index (χ1) is 9.54. The second-order valence-electron chi connectivity index (χ2n) is 4.71. The molecule has 2 rings (SSSR count). The van der Waals surface area contributed by atoms with Crippen molar-refractivity contribution in [3.05, 3.63) is 47.5 Å². The van der Waals surface area contributed by atoms with Gasteiger partial charge in [0.15, 0.2) is 0 Å². The van der Waals surface area contributed by atoms with Crippen molar-refractivity contribution in [3.8, 4) is 5.69 Å². The van der Waals surface area contributed by atoms with Crippen LogP contribution in [0.2, 0.25) is 0 Å². The number of hydrogen-bond acceptors (Lipinski definition) is 3. The van der Waals surface area contributed by atoms with Crippen LogP contribution < -0.4 is 0 Å². The fourth-order valence-electron chi connectivity index (χ4n) is 2.09. The molecule has 4 nitrogen and oxygen atoms in total. The van der Waals surface area contributed by atoms with Gasteiger partial charge >= 0.3 is 5.97 Å². The maximum atomic E-state index is 13.3. The Kier molecular flexibility index (Phi) is 4.17. The van der Waals surface area contributed by atoms with E-state index in [-0.39, 0.29) is 11.7 Å². The van der Waals surface area contributed by atoms with Crippen molar-refractivity contribution < 1.29 is 13.9 Å². The van der Waals surface area contributed by atoms with Crippen LogP contribution in [-0.4, -0.2) is 22.4 Å². The average Bonchev–Trinajstić information content (AvgIpc) is 2.83. The van der Waals surface area contributed by atoms with Gasteiger partial charge in [-0.05, 0) is 31.0 Å². The molecule has 0 aliphatic carbocycles. The summed E-state index contributed by atoms with van der Waals surface area (Å²) < 4.78 is 19.9. The molecule has 0 radical (unpaired) electrons.